The summed E-state index contributed by atoms with van der Waals surface area (Å²) in [5, 5.41) is 2.67. The van der Waals surface area contributed by atoms with Crippen molar-refractivity contribution in [3.8, 4) is 5.69 Å². The second-order valence-electron chi connectivity index (χ2n) is 11.8. The van der Waals surface area contributed by atoms with E-state index in [1.807, 2.05) is 23.1 Å². The Morgan fingerprint density at radius 1 is 0.591 bits per heavy atom. The maximum Gasteiger partial charge on any atom is 0.249 e. The topological polar surface area (TPSA) is 8.17 Å². The van der Waals surface area contributed by atoms with Crippen LogP contribution in [-0.4, -0.2) is 11.3 Å². The third-order valence-electron chi connectivity index (χ3n) is 9.25. The molecule has 2 aliphatic rings. The van der Waals surface area contributed by atoms with Crippen LogP contribution in [0.15, 0.2) is 143 Å². The highest BCUT2D eigenvalue weighted by Crippen LogP contribution is 2.46. The highest BCUT2D eigenvalue weighted by Gasteiger charge is 2.39. The van der Waals surface area contributed by atoms with Crippen molar-refractivity contribution in [1.82, 2.24) is 4.57 Å². The zero-order chi connectivity index (χ0) is 28.9. The minimum absolute atomic E-state index is 0.251. The lowest BCUT2D eigenvalue weighted by molar-refractivity contribution is 1.17. The van der Waals surface area contributed by atoms with E-state index in [2.05, 4.69) is 150 Å². The Morgan fingerprint density at radius 2 is 1.32 bits per heavy atom. The van der Waals surface area contributed by atoms with Gasteiger partial charge in [-0.2, -0.15) is 0 Å². The maximum atomic E-state index is 2.60. The SMILES string of the molecule is Cc1cc2c3c(c1)-n1c4c(cccc4c4sc5cc(N(c6ccccc6)c6ccccc6)ccc5c41)B3c1ccccc1S2. The van der Waals surface area contributed by atoms with Crippen LogP contribution in [-0.2, 0) is 0 Å². The number of para-hydroxylation sites is 3. The van der Waals surface area contributed by atoms with Crippen molar-refractivity contribution in [3.63, 3.8) is 0 Å². The molecule has 2 nitrogen and oxygen atoms in total. The Labute approximate surface area is 264 Å². The number of aryl methyl sites for hydroxylation is 1. The first-order chi connectivity index (χ1) is 21.7. The number of thiophene rings is 1. The van der Waals surface area contributed by atoms with E-state index in [9.17, 15) is 0 Å². The molecular weight excluding hydrogens is 571 g/mol. The largest absolute Gasteiger partial charge is 0.310 e. The molecule has 0 spiro atoms. The van der Waals surface area contributed by atoms with E-state index in [1.54, 1.807) is 0 Å². The molecule has 0 bridgehead atoms. The van der Waals surface area contributed by atoms with Crippen LogP contribution in [0.4, 0.5) is 17.1 Å². The van der Waals surface area contributed by atoms with Gasteiger partial charge in [-0.3, -0.25) is 0 Å². The molecule has 2 aromatic heterocycles. The summed E-state index contributed by atoms with van der Waals surface area (Å²) in [7, 11) is 0. The van der Waals surface area contributed by atoms with Gasteiger partial charge in [0.05, 0.1) is 15.7 Å². The van der Waals surface area contributed by atoms with Crippen LogP contribution in [0.2, 0.25) is 0 Å². The third kappa shape index (κ3) is 3.34. The molecule has 0 aliphatic carbocycles. The second-order valence-corrected chi connectivity index (χ2v) is 14.0. The molecular formula is C39H25BN2S2. The second kappa shape index (κ2) is 9.15. The Hall–Kier alpha value is -4.71. The van der Waals surface area contributed by atoms with E-state index in [0.29, 0.717) is 0 Å². The van der Waals surface area contributed by atoms with Crippen molar-refractivity contribution >= 4 is 94.5 Å². The molecule has 0 amide bonds. The molecule has 4 heterocycles. The first kappa shape index (κ1) is 24.7. The fourth-order valence-electron chi connectivity index (χ4n) is 7.51. The van der Waals surface area contributed by atoms with Crippen molar-refractivity contribution < 1.29 is 0 Å². The lowest BCUT2D eigenvalue weighted by Crippen LogP contribution is -2.58. The summed E-state index contributed by atoms with van der Waals surface area (Å²) in [5.74, 6) is 0. The molecule has 44 heavy (non-hydrogen) atoms. The van der Waals surface area contributed by atoms with Gasteiger partial charge in [-0.15, -0.1) is 11.3 Å². The summed E-state index contributed by atoms with van der Waals surface area (Å²) in [6.45, 7) is 2.49. The first-order valence-electron chi connectivity index (χ1n) is 15.1. The van der Waals surface area contributed by atoms with Crippen molar-refractivity contribution in [2.24, 2.45) is 0 Å². The summed E-state index contributed by atoms with van der Waals surface area (Å²) in [6, 6.07) is 49.1. The van der Waals surface area contributed by atoms with E-state index in [1.165, 1.54) is 74.3 Å². The van der Waals surface area contributed by atoms with E-state index >= 15 is 0 Å². The summed E-state index contributed by atoms with van der Waals surface area (Å²) < 4.78 is 5.28. The number of hydrogen-bond acceptors (Lipinski definition) is 3. The van der Waals surface area contributed by atoms with Gasteiger partial charge in [0.2, 0.25) is 6.71 Å². The van der Waals surface area contributed by atoms with Gasteiger partial charge in [0.15, 0.2) is 0 Å². The number of aromatic nitrogens is 1. The summed E-state index contributed by atoms with van der Waals surface area (Å²) in [6.07, 6.45) is 0. The standard InChI is InChI=1S/C39H25BN2S2/c1-24-21-32-36-35(22-24)43-33-18-9-8-16-30(33)40(36)31-17-10-15-29-37(31)42(32)38-28-20-19-27(23-34(28)44-39(29)38)41(25-11-4-2-5-12-25)26-13-6-3-7-14-26/h2-23H,1H3. The molecule has 6 aromatic carbocycles. The average molecular weight is 597 g/mol. The summed E-state index contributed by atoms with van der Waals surface area (Å²) >= 11 is 3.85. The molecule has 206 valence electrons. The molecule has 0 fully saturated rings. The molecule has 0 saturated carbocycles. The van der Waals surface area contributed by atoms with Crippen molar-refractivity contribution in [2.45, 2.75) is 16.7 Å². The van der Waals surface area contributed by atoms with Gasteiger partial charge < -0.3 is 9.47 Å². The van der Waals surface area contributed by atoms with E-state index in [-0.39, 0.29) is 6.71 Å². The molecule has 0 saturated heterocycles. The van der Waals surface area contributed by atoms with Crippen LogP contribution in [0.25, 0.3) is 36.9 Å². The summed E-state index contributed by atoms with van der Waals surface area (Å²) in [4.78, 5) is 5.11. The number of anilines is 3. The van der Waals surface area contributed by atoms with Crippen molar-refractivity contribution in [1.29, 1.82) is 0 Å². The lowest BCUT2D eigenvalue weighted by Gasteiger charge is -2.33. The third-order valence-corrected chi connectivity index (χ3v) is 11.6. The van der Waals surface area contributed by atoms with Gasteiger partial charge >= 0.3 is 0 Å². The van der Waals surface area contributed by atoms with Crippen LogP contribution in [0.3, 0.4) is 0 Å². The molecule has 5 heteroatoms. The molecule has 0 radical (unpaired) electrons. The van der Waals surface area contributed by atoms with Crippen LogP contribution in [0.1, 0.15) is 5.56 Å². The van der Waals surface area contributed by atoms with Gasteiger partial charge in [0, 0.05) is 48.0 Å². The van der Waals surface area contributed by atoms with Gasteiger partial charge in [-0.05, 0) is 84.1 Å². The summed E-state index contributed by atoms with van der Waals surface area (Å²) in [5.41, 5.74) is 13.1. The van der Waals surface area contributed by atoms with E-state index in [0.717, 1.165) is 11.4 Å². The fraction of sp³-hybridized carbons (Fsp3) is 0.0256. The fourth-order valence-corrected chi connectivity index (χ4v) is 10.0. The molecule has 0 unspecified atom stereocenters. The van der Waals surface area contributed by atoms with Gasteiger partial charge in [0.25, 0.3) is 0 Å². The van der Waals surface area contributed by atoms with Crippen molar-refractivity contribution in [2.75, 3.05) is 4.90 Å². The number of fused-ring (bicyclic) bond motifs is 9. The Balaban J connectivity index is 1.26. The van der Waals surface area contributed by atoms with E-state index < -0.39 is 0 Å². The molecule has 10 rings (SSSR count). The molecule has 0 N–H and O–H groups in total. The van der Waals surface area contributed by atoms with Crippen molar-refractivity contribution in [3.05, 3.63) is 139 Å². The number of benzene rings is 6. The molecule has 8 aromatic rings. The number of nitrogens with zero attached hydrogens (tertiary/aromatic N) is 2. The first-order valence-corrected chi connectivity index (χ1v) is 16.7. The Morgan fingerprint density at radius 3 is 2.11 bits per heavy atom. The quantitative estimate of drug-likeness (QED) is 0.188. The monoisotopic (exact) mass is 596 g/mol. The zero-order valence-electron chi connectivity index (χ0n) is 24.0. The lowest BCUT2D eigenvalue weighted by atomic mass is 9.35. The van der Waals surface area contributed by atoms with Crippen LogP contribution in [0.5, 0.6) is 0 Å². The maximum absolute atomic E-state index is 2.60. The molecule has 0 atom stereocenters. The number of hydrogen-bond donors (Lipinski definition) is 0. The Kier molecular flexibility index (Phi) is 5.14. The Bertz CT molecular complexity index is 2400. The predicted octanol–water partition coefficient (Wildman–Crippen LogP) is 9.07. The van der Waals surface area contributed by atoms with Crippen LogP contribution >= 0.6 is 23.1 Å². The van der Waals surface area contributed by atoms with Crippen LogP contribution < -0.4 is 21.3 Å². The zero-order valence-corrected chi connectivity index (χ0v) is 25.6. The van der Waals surface area contributed by atoms with Gasteiger partial charge in [-0.1, -0.05) is 90.0 Å². The van der Waals surface area contributed by atoms with Gasteiger partial charge in [0.1, 0.15) is 0 Å². The normalized spacial score (nSPS) is 13.0. The average Bonchev–Trinajstić information content (AvgIpc) is 3.59. The minimum atomic E-state index is 0.251. The number of rotatable bonds is 3. The predicted molar refractivity (Wildman–Crippen MR) is 191 cm³/mol. The smallest absolute Gasteiger partial charge is 0.249 e. The highest BCUT2D eigenvalue weighted by molar-refractivity contribution is 8.00. The highest BCUT2D eigenvalue weighted by atomic mass is 32.2. The van der Waals surface area contributed by atoms with Gasteiger partial charge in [-0.25, -0.2) is 0 Å². The minimum Gasteiger partial charge on any atom is -0.310 e. The van der Waals surface area contributed by atoms with E-state index in [4.69, 9.17) is 0 Å². The van der Waals surface area contributed by atoms with Crippen LogP contribution in [0, 0.1) is 6.92 Å². The molecule has 2 aliphatic heterocycles.